The third kappa shape index (κ3) is 2.74. The summed E-state index contributed by atoms with van der Waals surface area (Å²) in [5.41, 5.74) is 0.629. The van der Waals surface area contributed by atoms with Crippen LogP contribution in [0.4, 0.5) is 0 Å². The number of furan rings is 1. The van der Waals surface area contributed by atoms with Gasteiger partial charge in [0.25, 0.3) is 0 Å². The SMILES string of the molecule is CO/N=C(\C)CC(=O)c1ccco1. The molecule has 70 valence electrons. The third-order valence-corrected chi connectivity index (χ3v) is 1.46. The van der Waals surface area contributed by atoms with Crippen LogP contribution in [-0.4, -0.2) is 18.6 Å². The number of carbonyl (C=O) groups excluding carboxylic acids is 1. The van der Waals surface area contributed by atoms with Gasteiger partial charge in [-0.2, -0.15) is 0 Å². The minimum Gasteiger partial charge on any atom is -0.461 e. The van der Waals surface area contributed by atoms with Gasteiger partial charge in [0.15, 0.2) is 5.76 Å². The zero-order chi connectivity index (χ0) is 9.68. The maximum atomic E-state index is 11.4. The van der Waals surface area contributed by atoms with E-state index >= 15 is 0 Å². The average Bonchev–Trinajstić information content (AvgIpc) is 2.55. The third-order valence-electron chi connectivity index (χ3n) is 1.46. The van der Waals surface area contributed by atoms with E-state index in [9.17, 15) is 4.79 Å². The summed E-state index contributed by atoms with van der Waals surface area (Å²) in [4.78, 5) is 15.9. The Kier molecular flexibility index (Phi) is 3.25. The van der Waals surface area contributed by atoms with Crippen LogP contribution in [0.3, 0.4) is 0 Å². The molecule has 1 aromatic heterocycles. The molecule has 0 spiro atoms. The first-order valence-electron chi connectivity index (χ1n) is 3.87. The number of ketones is 1. The van der Waals surface area contributed by atoms with Crippen molar-refractivity contribution >= 4 is 11.5 Å². The number of rotatable bonds is 4. The van der Waals surface area contributed by atoms with Crippen LogP contribution in [0.5, 0.6) is 0 Å². The van der Waals surface area contributed by atoms with E-state index < -0.39 is 0 Å². The summed E-state index contributed by atoms with van der Waals surface area (Å²) in [6.45, 7) is 1.73. The molecule has 4 nitrogen and oxygen atoms in total. The van der Waals surface area contributed by atoms with Crippen molar-refractivity contribution in [1.82, 2.24) is 0 Å². The van der Waals surface area contributed by atoms with Crippen molar-refractivity contribution in [3.05, 3.63) is 24.2 Å². The quantitative estimate of drug-likeness (QED) is 0.405. The zero-order valence-electron chi connectivity index (χ0n) is 7.61. The van der Waals surface area contributed by atoms with Gasteiger partial charge < -0.3 is 9.25 Å². The van der Waals surface area contributed by atoms with E-state index in [1.807, 2.05) is 0 Å². The Morgan fingerprint density at radius 1 is 1.69 bits per heavy atom. The molecule has 0 radical (unpaired) electrons. The summed E-state index contributed by atoms with van der Waals surface area (Å²) in [6, 6.07) is 3.30. The van der Waals surface area contributed by atoms with E-state index in [1.165, 1.54) is 13.4 Å². The molecular formula is C9H11NO3. The lowest BCUT2D eigenvalue weighted by Gasteiger charge is -1.96. The van der Waals surface area contributed by atoms with Crippen LogP contribution in [0.1, 0.15) is 23.9 Å². The zero-order valence-corrected chi connectivity index (χ0v) is 7.61. The molecule has 0 saturated heterocycles. The molecule has 0 aliphatic carbocycles. The summed E-state index contributed by atoms with van der Waals surface area (Å²) in [6.07, 6.45) is 1.69. The Bertz CT molecular complexity index is 301. The number of Topliss-reactive ketones (excluding diaryl/α,β-unsaturated/α-hetero) is 1. The van der Waals surface area contributed by atoms with Gasteiger partial charge in [-0.3, -0.25) is 4.79 Å². The fraction of sp³-hybridized carbons (Fsp3) is 0.333. The lowest BCUT2D eigenvalue weighted by Crippen LogP contribution is -2.04. The van der Waals surface area contributed by atoms with Crippen LogP contribution >= 0.6 is 0 Å². The number of nitrogens with zero attached hydrogens (tertiary/aromatic N) is 1. The van der Waals surface area contributed by atoms with Gasteiger partial charge in [0.1, 0.15) is 7.11 Å². The molecule has 0 aromatic carbocycles. The second-order valence-corrected chi connectivity index (χ2v) is 2.59. The molecule has 0 unspecified atom stereocenters. The maximum absolute atomic E-state index is 11.4. The normalized spacial score (nSPS) is 11.4. The van der Waals surface area contributed by atoms with E-state index in [-0.39, 0.29) is 12.2 Å². The van der Waals surface area contributed by atoms with Gasteiger partial charge in [-0.05, 0) is 19.1 Å². The van der Waals surface area contributed by atoms with Crippen LogP contribution in [0.25, 0.3) is 0 Å². The standard InChI is InChI=1S/C9H11NO3/c1-7(10-12-2)6-8(11)9-4-3-5-13-9/h3-5H,6H2,1-2H3/b10-7+. The topological polar surface area (TPSA) is 51.8 Å². The fourth-order valence-corrected chi connectivity index (χ4v) is 0.945. The first-order valence-corrected chi connectivity index (χ1v) is 3.87. The highest BCUT2D eigenvalue weighted by Crippen LogP contribution is 2.04. The lowest BCUT2D eigenvalue weighted by molar-refractivity contribution is 0.0972. The van der Waals surface area contributed by atoms with Crippen molar-refractivity contribution in [2.45, 2.75) is 13.3 Å². The number of carbonyl (C=O) groups is 1. The number of hydrogen-bond acceptors (Lipinski definition) is 4. The highest BCUT2D eigenvalue weighted by Gasteiger charge is 2.09. The van der Waals surface area contributed by atoms with Gasteiger partial charge in [0.2, 0.25) is 5.78 Å². The largest absolute Gasteiger partial charge is 0.461 e. The Morgan fingerprint density at radius 2 is 2.46 bits per heavy atom. The van der Waals surface area contributed by atoms with E-state index in [4.69, 9.17) is 4.42 Å². The highest BCUT2D eigenvalue weighted by molar-refractivity contribution is 6.07. The Balaban J connectivity index is 2.56. The molecule has 1 rings (SSSR count). The van der Waals surface area contributed by atoms with Crippen molar-refractivity contribution in [3.8, 4) is 0 Å². The second kappa shape index (κ2) is 4.45. The van der Waals surface area contributed by atoms with Crippen LogP contribution in [0.15, 0.2) is 28.0 Å². The summed E-state index contributed by atoms with van der Waals surface area (Å²) < 4.78 is 4.93. The summed E-state index contributed by atoms with van der Waals surface area (Å²) >= 11 is 0. The van der Waals surface area contributed by atoms with E-state index in [0.717, 1.165) is 0 Å². The molecule has 1 aromatic rings. The van der Waals surface area contributed by atoms with E-state index in [0.29, 0.717) is 11.5 Å². The molecule has 13 heavy (non-hydrogen) atoms. The molecule has 0 aliphatic rings. The van der Waals surface area contributed by atoms with Crippen molar-refractivity contribution in [3.63, 3.8) is 0 Å². The lowest BCUT2D eigenvalue weighted by atomic mass is 10.2. The van der Waals surface area contributed by atoms with Gasteiger partial charge in [-0.25, -0.2) is 0 Å². The number of hydrogen-bond donors (Lipinski definition) is 0. The molecule has 0 aliphatic heterocycles. The van der Waals surface area contributed by atoms with Gasteiger partial charge >= 0.3 is 0 Å². The summed E-state index contributed by atoms with van der Waals surface area (Å²) in [7, 11) is 1.45. The van der Waals surface area contributed by atoms with E-state index in [1.54, 1.807) is 19.1 Å². The molecule has 1 heterocycles. The first-order chi connectivity index (χ1) is 6.24. The second-order valence-electron chi connectivity index (χ2n) is 2.59. The minimum absolute atomic E-state index is 0.0942. The molecular weight excluding hydrogens is 170 g/mol. The first kappa shape index (κ1) is 9.51. The molecule has 0 bridgehead atoms. The van der Waals surface area contributed by atoms with Gasteiger partial charge in [-0.1, -0.05) is 5.16 Å². The van der Waals surface area contributed by atoms with Crippen LogP contribution in [0.2, 0.25) is 0 Å². The minimum atomic E-state index is -0.0942. The van der Waals surface area contributed by atoms with Gasteiger partial charge in [0, 0.05) is 0 Å². The number of oxime groups is 1. The van der Waals surface area contributed by atoms with Crippen LogP contribution in [-0.2, 0) is 4.84 Å². The van der Waals surface area contributed by atoms with Crippen molar-refractivity contribution in [2.24, 2.45) is 5.16 Å². The molecule has 0 N–H and O–H groups in total. The molecule has 0 saturated carbocycles. The Morgan fingerprint density at radius 3 is 3.00 bits per heavy atom. The maximum Gasteiger partial charge on any atom is 0.203 e. The van der Waals surface area contributed by atoms with Crippen molar-refractivity contribution in [1.29, 1.82) is 0 Å². The van der Waals surface area contributed by atoms with Crippen LogP contribution in [0, 0.1) is 0 Å². The predicted molar refractivity (Wildman–Crippen MR) is 47.8 cm³/mol. The molecule has 0 fully saturated rings. The fourth-order valence-electron chi connectivity index (χ4n) is 0.945. The molecule has 0 atom stereocenters. The summed E-state index contributed by atoms with van der Waals surface area (Å²) in [5, 5.41) is 3.63. The monoisotopic (exact) mass is 181 g/mol. The molecule has 0 amide bonds. The van der Waals surface area contributed by atoms with Crippen molar-refractivity contribution < 1.29 is 14.0 Å². The van der Waals surface area contributed by atoms with E-state index in [2.05, 4.69) is 9.99 Å². The van der Waals surface area contributed by atoms with Crippen molar-refractivity contribution in [2.75, 3.05) is 7.11 Å². The molecule has 4 heteroatoms. The highest BCUT2D eigenvalue weighted by atomic mass is 16.6. The Hall–Kier alpha value is -1.58. The van der Waals surface area contributed by atoms with Crippen LogP contribution < -0.4 is 0 Å². The summed E-state index contributed by atoms with van der Waals surface area (Å²) in [5.74, 6) is 0.258. The van der Waals surface area contributed by atoms with Gasteiger partial charge in [-0.15, -0.1) is 0 Å². The smallest absolute Gasteiger partial charge is 0.203 e. The van der Waals surface area contributed by atoms with Gasteiger partial charge in [0.05, 0.1) is 18.4 Å². The predicted octanol–water partition coefficient (Wildman–Crippen LogP) is 1.87. The average molecular weight is 181 g/mol. The Labute approximate surface area is 76.2 Å².